The van der Waals surface area contributed by atoms with Gasteiger partial charge in [0.05, 0.1) is 7.11 Å². The third-order valence-corrected chi connectivity index (χ3v) is 4.36. The van der Waals surface area contributed by atoms with E-state index in [9.17, 15) is 4.79 Å². The number of carbonyl (C=O) groups excluding carboxylic acids is 1. The van der Waals surface area contributed by atoms with E-state index in [-0.39, 0.29) is 5.78 Å². The number of rotatable bonds is 4. The smallest absolute Gasteiger partial charge is 0.164 e. The fourth-order valence-electron chi connectivity index (χ4n) is 2.61. The highest BCUT2D eigenvalue weighted by atomic mass is 79.9. The molecule has 18 heavy (non-hydrogen) atoms. The number of ether oxygens (including phenoxy) is 1. The SMILES string of the molecule is COc1ccc(Br)c(C(=O)CC2CCCCC2)c1. The zero-order chi connectivity index (χ0) is 13.0. The van der Waals surface area contributed by atoms with Gasteiger partial charge in [-0.25, -0.2) is 0 Å². The van der Waals surface area contributed by atoms with Gasteiger partial charge in [-0.15, -0.1) is 0 Å². The maximum Gasteiger partial charge on any atom is 0.164 e. The van der Waals surface area contributed by atoms with Crippen LogP contribution in [0.1, 0.15) is 48.9 Å². The summed E-state index contributed by atoms with van der Waals surface area (Å²) in [6, 6.07) is 5.57. The summed E-state index contributed by atoms with van der Waals surface area (Å²) in [6.07, 6.45) is 6.95. The molecule has 0 atom stereocenters. The first-order valence-corrected chi connectivity index (χ1v) is 7.36. The quantitative estimate of drug-likeness (QED) is 0.759. The van der Waals surface area contributed by atoms with Gasteiger partial charge in [0.2, 0.25) is 0 Å². The Balaban J connectivity index is 2.07. The summed E-state index contributed by atoms with van der Waals surface area (Å²) in [4.78, 5) is 12.3. The summed E-state index contributed by atoms with van der Waals surface area (Å²) in [6.45, 7) is 0. The second-order valence-electron chi connectivity index (χ2n) is 4.98. The Bertz CT molecular complexity index is 423. The molecule has 0 unspecified atom stereocenters. The number of benzene rings is 1. The Morgan fingerprint density at radius 2 is 2.06 bits per heavy atom. The van der Waals surface area contributed by atoms with Crippen molar-refractivity contribution in [2.75, 3.05) is 7.11 Å². The minimum atomic E-state index is 0.229. The fraction of sp³-hybridized carbons (Fsp3) is 0.533. The van der Waals surface area contributed by atoms with E-state index >= 15 is 0 Å². The minimum Gasteiger partial charge on any atom is -0.497 e. The van der Waals surface area contributed by atoms with Crippen LogP contribution in [0.25, 0.3) is 0 Å². The lowest BCUT2D eigenvalue weighted by Gasteiger charge is -2.20. The molecule has 1 aliphatic carbocycles. The van der Waals surface area contributed by atoms with E-state index in [0.717, 1.165) is 15.8 Å². The molecule has 0 saturated heterocycles. The van der Waals surface area contributed by atoms with E-state index in [4.69, 9.17) is 4.74 Å². The molecule has 1 aliphatic rings. The zero-order valence-electron chi connectivity index (χ0n) is 10.7. The van der Waals surface area contributed by atoms with Crippen LogP contribution < -0.4 is 4.74 Å². The van der Waals surface area contributed by atoms with Gasteiger partial charge in [0.1, 0.15) is 5.75 Å². The van der Waals surface area contributed by atoms with Crippen molar-refractivity contribution < 1.29 is 9.53 Å². The average Bonchev–Trinajstić information content (AvgIpc) is 2.40. The van der Waals surface area contributed by atoms with E-state index in [2.05, 4.69) is 15.9 Å². The summed E-state index contributed by atoms with van der Waals surface area (Å²) >= 11 is 3.45. The molecule has 0 spiro atoms. The number of hydrogen-bond donors (Lipinski definition) is 0. The van der Waals surface area contributed by atoms with Crippen molar-refractivity contribution >= 4 is 21.7 Å². The normalized spacial score (nSPS) is 16.6. The summed E-state index contributed by atoms with van der Waals surface area (Å²) in [5.74, 6) is 1.54. The minimum absolute atomic E-state index is 0.229. The summed E-state index contributed by atoms with van der Waals surface area (Å²) in [5.41, 5.74) is 0.750. The van der Waals surface area contributed by atoms with Crippen LogP contribution >= 0.6 is 15.9 Å². The van der Waals surface area contributed by atoms with Gasteiger partial charge in [-0.3, -0.25) is 4.79 Å². The molecule has 0 amide bonds. The molecule has 0 aliphatic heterocycles. The molecule has 1 aromatic carbocycles. The third-order valence-electron chi connectivity index (χ3n) is 3.67. The first-order valence-electron chi connectivity index (χ1n) is 6.57. The average molecular weight is 311 g/mol. The molecule has 98 valence electrons. The first-order chi connectivity index (χ1) is 8.70. The number of Topliss-reactive ketones (excluding diaryl/α,β-unsaturated/α-hetero) is 1. The molecule has 0 radical (unpaired) electrons. The molecule has 0 aromatic heterocycles. The van der Waals surface area contributed by atoms with E-state index < -0.39 is 0 Å². The topological polar surface area (TPSA) is 26.3 Å². The van der Waals surface area contributed by atoms with Gasteiger partial charge in [0, 0.05) is 16.5 Å². The summed E-state index contributed by atoms with van der Waals surface area (Å²) in [7, 11) is 1.62. The molecule has 0 bridgehead atoms. The van der Waals surface area contributed by atoms with E-state index in [1.807, 2.05) is 18.2 Å². The Morgan fingerprint density at radius 3 is 2.72 bits per heavy atom. The van der Waals surface area contributed by atoms with Gasteiger partial charge in [-0.2, -0.15) is 0 Å². The molecule has 0 heterocycles. The van der Waals surface area contributed by atoms with Crippen LogP contribution in [-0.4, -0.2) is 12.9 Å². The summed E-state index contributed by atoms with van der Waals surface area (Å²) < 4.78 is 6.04. The third kappa shape index (κ3) is 3.35. The Hall–Kier alpha value is -0.830. The van der Waals surface area contributed by atoms with Crippen molar-refractivity contribution in [1.82, 2.24) is 0 Å². The zero-order valence-corrected chi connectivity index (χ0v) is 12.3. The van der Waals surface area contributed by atoms with Crippen molar-refractivity contribution in [3.63, 3.8) is 0 Å². The number of methoxy groups -OCH3 is 1. The van der Waals surface area contributed by atoms with Crippen LogP contribution in [0.3, 0.4) is 0 Å². The molecule has 3 heteroatoms. The number of carbonyl (C=O) groups is 1. The highest BCUT2D eigenvalue weighted by Crippen LogP contribution is 2.30. The predicted molar refractivity (Wildman–Crippen MR) is 76.2 cm³/mol. The number of ketones is 1. The predicted octanol–water partition coefficient (Wildman–Crippen LogP) is 4.61. The summed E-state index contributed by atoms with van der Waals surface area (Å²) in [5, 5.41) is 0. The van der Waals surface area contributed by atoms with Crippen LogP contribution in [0.15, 0.2) is 22.7 Å². The van der Waals surface area contributed by atoms with Crippen molar-refractivity contribution in [2.45, 2.75) is 38.5 Å². The molecular formula is C15H19BrO2. The number of hydrogen-bond acceptors (Lipinski definition) is 2. The molecule has 2 rings (SSSR count). The van der Waals surface area contributed by atoms with Crippen molar-refractivity contribution in [3.8, 4) is 5.75 Å². The second kappa shape index (κ2) is 6.37. The highest BCUT2D eigenvalue weighted by Gasteiger charge is 2.19. The first kappa shape index (κ1) is 13.6. The largest absolute Gasteiger partial charge is 0.497 e. The Morgan fingerprint density at radius 1 is 1.33 bits per heavy atom. The monoisotopic (exact) mass is 310 g/mol. The van der Waals surface area contributed by atoms with Crippen molar-refractivity contribution in [2.24, 2.45) is 5.92 Å². The molecule has 1 aromatic rings. The van der Waals surface area contributed by atoms with Gasteiger partial charge in [-0.05, 0) is 24.1 Å². The van der Waals surface area contributed by atoms with Gasteiger partial charge < -0.3 is 4.74 Å². The molecule has 1 saturated carbocycles. The Labute approximate surface area is 117 Å². The molecule has 2 nitrogen and oxygen atoms in total. The standard InChI is InChI=1S/C15H19BrO2/c1-18-12-7-8-14(16)13(10-12)15(17)9-11-5-3-2-4-6-11/h7-8,10-11H,2-6,9H2,1H3. The van der Waals surface area contributed by atoms with E-state index in [1.54, 1.807) is 7.11 Å². The lowest BCUT2D eigenvalue weighted by Crippen LogP contribution is -2.12. The fourth-order valence-corrected chi connectivity index (χ4v) is 3.08. The molecule has 1 fully saturated rings. The molecule has 0 N–H and O–H groups in total. The van der Waals surface area contributed by atoms with Crippen LogP contribution in [0, 0.1) is 5.92 Å². The van der Waals surface area contributed by atoms with Gasteiger partial charge >= 0.3 is 0 Å². The van der Waals surface area contributed by atoms with E-state index in [0.29, 0.717) is 12.3 Å². The second-order valence-corrected chi connectivity index (χ2v) is 5.83. The lowest BCUT2D eigenvalue weighted by molar-refractivity contribution is 0.0949. The maximum absolute atomic E-state index is 12.3. The van der Waals surface area contributed by atoms with Crippen molar-refractivity contribution in [1.29, 1.82) is 0 Å². The van der Waals surface area contributed by atoms with Gasteiger partial charge in [0.25, 0.3) is 0 Å². The van der Waals surface area contributed by atoms with E-state index in [1.165, 1.54) is 32.1 Å². The highest BCUT2D eigenvalue weighted by molar-refractivity contribution is 9.10. The lowest BCUT2D eigenvalue weighted by atomic mass is 9.85. The van der Waals surface area contributed by atoms with Gasteiger partial charge in [0.15, 0.2) is 5.78 Å². The van der Waals surface area contributed by atoms with Crippen molar-refractivity contribution in [3.05, 3.63) is 28.2 Å². The van der Waals surface area contributed by atoms with Crippen LogP contribution in [0.5, 0.6) is 5.75 Å². The van der Waals surface area contributed by atoms with Crippen LogP contribution in [0.4, 0.5) is 0 Å². The molecular weight excluding hydrogens is 292 g/mol. The number of halogens is 1. The van der Waals surface area contributed by atoms with Crippen LogP contribution in [-0.2, 0) is 0 Å². The van der Waals surface area contributed by atoms with Crippen LogP contribution in [0.2, 0.25) is 0 Å². The Kier molecular flexibility index (Phi) is 4.81. The maximum atomic E-state index is 12.3. The van der Waals surface area contributed by atoms with Gasteiger partial charge in [-0.1, -0.05) is 48.0 Å².